The first-order valence-corrected chi connectivity index (χ1v) is 12.4. The topological polar surface area (TPSA) is 42.3 Å². The lowest BCUT2D eigenvalue weighted by Gasteiger charge is -2.14. The third-order valence-electron chi connectivity index (χ3n) is 6.09. The fourth-order valence-corrected chi connectivity index (χ4v) is 5.49. The van der Waals surface area contributed by atoms with Gasteiger partial charge in [0.2, 0.25) is 0 Å². The molecular weight excluding hydrogens is 506 g/mol. The Morgan fingerprint density at radius 2 is 1.63 bits per heavy atom. The molecule has 2 heterocycles. The Balaban J connectivity index is 1.53. The quantitative estimate of drug-likeness (QED) is 0.251. The van der Waals surface area contributed by atoms with Crippen LogP contribution in [0.1, 0.15) is 22.4 Å². The van der Waals surface area contributed by atoms with Crippen LogP contribution in [-0.2, 0) is 17.9 Å². The second-order valence-electron chi connectivity index (χ2n) is 8.16. The summed E-state index contributed by atoms with van der Waals surface area (Å²) in [6, 6.07) is 19.8. The molecule has 0 N–H and O–H groups in total. The fraction of sp³-hybridized carbons (Fsp3) is 0.111. The highest BCUT2D eigenvalue weighted by Crippen LogP contribution is 2.37. The van der Waals surface area contributed by atoms with Gasteiger partial charge in [0, 0.05) is 44.3 Å². The van der Waals surface area contributed by atoms with Crippen LogP contribution in [-0.4, -0.2) is 20.6 Å². The van der Waals surface area contributed by atoms with Crippen LogP contribution in [0.5, 0.6) is 0 Å². The Hall–Kier alpha value is -3.06. The standard InChI is InChI=1S/C27H19Cl2FN2O2S/c1-16-19(18-8-3-5-12-24(18)31(16)14-17-7-2-4-9-21(17)28)13-25-26(33)32(27(34)35-25)15-20-22(29)10-6-11-23(20)30/h2-13H,14-15H2,1H3/b25-13-. The fourth-order valence-electron chi connectivity index (χ4n) is 4.25. The number of para-hydroxylation sites is 1. The molecule has 0 atom stereocenters. The molecule has 0 unspecified atom stereocenters. The normalized spacial score (nSPS) is 15.1. The van der Waals surface area contributed by atoms with Gasteiger partial charge < -0.3 is 4.57 Å². The zero-order chi connectivity index (χ0) is 24.7. The number of carbonyl (C=O) groups excluding carboxylic acids is 2. The van der Waals surface area contributed by atoms with Gasteiger partial charge in [-0.25, -0.2) is 4.39 Å². The van der Waals surface area contributed by atoms with Crippen LogP contribution in [0, 0.1) is 12.7 Å². The largest absolute Gasteiger partial charge is 0.340 e. The first-order valence-electron chi connectivity index (χ1n) is 10.8. The third kappa shape index (κ3) is 4.38. The second-order valence-corrected chi connectivity index (χ2v) is 9.97. The second kappa shape index (κ2) is 9.53. The van der Waals surface area contributed by atoms with E-state index in [1.807, 2.05) is 55.5 Å². The van der Waals surface area contributed by atoms with Crippen LogP contribution in [0.25, 0.3) is 17.0 Å². The summed E-state index contributed by atoms with van der Waals surface area (Å²) in [6.07, 6.45) is 1.74. The summed E-state index contributed by atoms with van der Waals surface area (Å²) in [5, 5.41) is 1.35. The predicted octanol–water partition coefficient (Wildman–Crippen LogP) is 7.68. The maximum atomic E-state index is 14.3. The number of amides is 2. The first kappa shape index (κ1) is 23.7. The third-order valence-corrected chi connectivity index (χ3v) is 7.72. The van der Waals surface area contributed by atoms with Gasteiger partial charge in [0.1, 0.15) is 5.82 Å². The number of carbonyl (C=O) groups is 2. The van der Waals surface area contributed by atoms with Crippen molar-refractivity contribution in [1.82, 2.24) is 9.47 Å². The molecule has 0 spiro atoms. The maximum Gasteiger partial charge on any atom is 0.293 e. The Labute approximate surface area is 215 Å². The monoisotopic (exact) mass is 524 g/mol. The molecule has 3 aromatic carbocycles. The van der Waals surface area contributed by atoms with Gasteiger partial charge in [-0.05, 0) is 54.6 Å². The molecule has 1 aliphatic heterocycles. The van der Waals surface area contributed by atoms with Crippen molar-refractivity contribution in [2.75, 3.05) is 0 Å². The molecule has 1 aliphatic rings. The number of imide groups is 1. The molecule has 2 amide bonds. The number of benzene rings is 3. The van der Waals surface area contributed by atoms with Gasteiger partial charge in [0.25, 0.3) is 11.1 Å². The molecule has 0 radical (unpaired) electrons. The molecule has 35 heavy (non-hydrogen) atoms. The number of hydrogen-bond donors (Lipinski definition) is 0. The van der Waals surface area contributed by atoms with Gasteiger partial charge in [0.15, 0.2) is 0 Å². The summed E-state index contributed by atoms with van der Waals surface area (Å²) in [7, 11) is 0. The molecule has 0 bridgehead atoms. The Kier molecular flexibility index (Phi) is 6.45. The summed E-state index contributed by atoms with van der Waals surface area (Å²) in [4.78, 5) is 27.2. The highest BCUT2D eigenvalue weighted by molar-refractivity contribution is 8.18. The summed E-state index contributed by atoms with van der Waals surface area (Å²) >= 11 is 13.4. The minimum atomic E-state index is -0.556. The Morgan fingerprint density at radius 1 is 0.914 bits per heavy atom. The molecule has 1 aromatic heterocycles. The van der Waals surface area contributed by atoms with Crippen molar-refractivity contribution in [1.29, 1.82) is 0 Å². The minimum absolute atomic E-state index is 0.116. The van der Waals surface area contributed by atoms with Crippen molar-refractivity contribution in [3.05, 3.63) is 110 Å². The lowest BCUT2D eigenvalue weighted by molar-refractivity contribution is -0.123. The molecule has 0 aliphatic carbocycles. The zero-order valence-electron chi connectivity index (χ0n) is 18.6. The van der Waals surface area contributed by atoms with Gasteiger partial charge in [-0.1, -0.05) is 65.7 Å². The summed E-state index contributed by atoms with van der Waals surface area (Å²) in [5.74, 6) is -1.03. The smallest absolute Gasteiger partial charge is 0.293 e. The van der Waals surface area contributed by atoms with Crippen LogP contribution in [0.4, 0.5) is 9.18 Å². The van der Waals surface area contributed by atoms with Crippen molar-refractivity contribution in [2.24, 2.45) is 0 Å². The van der Waals surface area contributed by atoms with Crippen molar-refractivity contribution in [3.8, 4) is 0 Å². The minimum Gasteiger partial charge on any atom is -0.340 e. The zero-order valence-corrected chi connectivity index (χ0v) is 20.9. The van der Waals surface area contributed by atoms with E-state index in [9.17, 15) is 14.0 Å². The SMILES string of the molecule is Cc1c(/C=C2\SC(=O)N(Cc3c(F)cccc3Cl)C2=O)c2ccccc2n1Cc1ccccc1Cl. The van der Waals surface area contributed by atoms with Crippen LogP contribution in [0.3, 0.4) is 0 Å². The van der Waals surface area contributed by atoms with Gasteiger partial charge in [-0.2, -0.15) is 0 Å². The molecular formula is C27H19Cl2FN2O2S. The van der Waals surface area contributed by atoms with Crippen LogP contribution >= 0.6 is 35.0 Å². The average molecular weight is 525 g/mol. The molecule has 4 aromatic rings. The van der Waals surface area contributed by atoms with E-state index in [1.165, 1.54) is 18.2 Å². The van der Waals surface area contributed by atoms with Gasteiger partial charge in [-0.15, -0.1) is 0 Å². The number of hydrogen-bond acceptors (Lipinski definition) is 3. The lowest BCUT2D eigenvalue weighted by atomic mass is 10.1. The van der Waals surface area contributed by atoms with E-state index in [-0.39, 0.29) is 22.0 Å². The molecule has 176 valence electrons. The van der Waals surface area contributed by atoms with Crippen LogP contribution in [0.2, 0.25) is 10.0 Å². The molecule has 4 nitrogen and oxygen atoms in total. The average Bonchev–Trinajstić information content (AvgIpc) is 3.25. The van der Waals surface area contributed by atoms with E-state index in [2.05, 4.69) is 4.57 Å². The van der Waals surface area contributed by atoms with Crippen LogP contribution in [0.15, 0.2) is 71.6 Å². The van der Waals surface area contributed by atoms with Crippen molar-refractivity contribution < 1.29 is 14.0 Å². The highest BCUT2D eigenvalue weighted by atomic mass is 35.5. The number of thioether (sulfide) groups is 1. The molecule has 0 saturated carbocycles. The number of halogens is 3. The predicted molar refractivity (Wildman–Crippen MR) is 140 cm³/mol. The van der Waals surface area contributed by atoms with E-state index < -0.39 is 17.0 Å². The van der Waals surface area contributed by atoms with Crippen LogP contribution < -0.4 is 0 Å². The lowest BCUT2D eigenvalue weighted by Crippen LogP contribution is -2.28. The summed E-state index contributed by atoms with van der Waals surface area (Å²) in [6.45, 7) is 2.32. The summed E-state index contributed by atoms with van der Waals surface area (Å²) in [5.41, 5.74) is 3.88. The maximum absolute atomic E-state index is 14.3. The number of aromatic nitrogens is 1. The summed E-state index contributed by atoms with van der Waals surface area (Å²) < 4.78 is 16.4. The molecule has 1 fully saturated rings. The van der Waals surface area contributed by atoms with Gasteiger partial charge >= 0.3 is 0 Å². The highest BCUT2D eigenvalue weighted by Gasteiger charge is 2.36. The van der Waals surface area contributed by atoms with E-state index in [0.717, 1.165) is 44.4 Å². The van der Waals surface area contributed by atoms with Gasteiger partial charge in [-0.3, -0.25) is 14.5 Å². The van der Waals surface area contributed by atoms with Crippen molar-refractivity contribution >= 4 is 63.1 Å². The van der Waals surface area contributed by atoms with Gasteiger partial charge in [0.05, 0.1) is 11.4 Å². The molecule has 5 rings (SSSR count). The van der Waals surface area contributed by atoms with E-state index in [4.69, 9.17) is 23.2 Å². The van der Waals surface area contributed by atoms with Crippen molar-refractivity contribution in [2.45, 2.75) is 20.0 Å². The number of fused-ring (bicyclic) bond motifs is 1. The van der Waals surface area contributed by atoms with Crippen molar-refractivity contribution in [3.63, 3.8) is 0 Å². The number of rotatable bonds is 5. The first-order chi connectivity index (χ1) is 16.8. The van der Waals surface area contributed by atoms with E-state index >= 15 is 0 Å². The van der Waals surface area contributed by atoms with E-state index in [1.54, 1.807) is 6.08 Å². The Bertz CT molecular complexity index is 1510. The molecule has 8 heteroatoms. The van der Waals surface area contributed by atoms with E-state index in [0.29, 0.717) is 11.6 Å². The Morgan fingerprint density at radius 3 is 2.40 bits per heavy atom. The molecule has 1 saturated heterocycles. The number of nitrogens with zero attached hydrogens (tertiary/aromatic N) is 2.